The zero-order valence-corrected chi connectivity index (χ0v) is 17.4. The van der Waals surface area contributed by atoms with E-state index in [-0.39, 0.29) is 16.5 Å². The molecule has 0 saturated carbocycles. The van der Waals surface area contributed by atoms with Crippen molar-refractivity contribution in [1.29, 1.82) is 0 Å². The third-order valence-electron chi connectivity index (χ3n) is 5.55. The van der Waals surface area contributed by atoms with E-state index < -0.39 is 11.4 Å². The summed E-state index contributed by atoms with van der Waals surface area (Å²) in [6.45, 7) is 0. The van der Waals surface area contributed by atoms with Crippen LogP contribution in [0.15, 0.2) is 82.4 Å². The lowest BCUT2D eigenvalue weighted by Gasteiger charge is -2.16. The predicted molar refractivity (Wildman–Crippen MR) is 122 cm³/mol. The van der Waals surface area contributed by atoms with E-state index in [9.17, 15) is 14.0 Å². The molecule has 0 aliphatic carbocycles. The Hall–Kier alpha value is -4.26. The fraction of sp³-hybridized carbons (Fsp3) is 0.0800. The summed E-state index contributed by atoms with van der Waals surface area (Å²) in [4.78, 5) is 31.8. The number of fused-ring (bicyclic) bond motifs is 2. The van der Waals surface area contributed by atoms with Crippen LogP contribution in [0.1, 0.15) is 0 Å². The van der Waals surface area contributed by atoms with Gasteiger partial charge in [-0.15, -0.1) is 0 Å². The number of hydrogen-bond donors (Lipinski definition) is 0. The molecule has 0 saturated heterocycles. The fourth-order valence-corrected chi connectivity index (χ4v) is 3.92. The first-order chi connectivity index (χ1) is 15.5. The Labute approximate surface area is 181 Å². The van der Waals surface area contributed by atoms with Gasteiger partial charge in [0.1, 0.15) is 22.8 Å². The third-order valence-corrected chi connectivity index (χ3v) is 5.55. The van der Waals surface area contributed by atoms with E-state index in [2.05, 4.69) is 0 Å². The van der Waals surface area contributed by atoms with Crippen molar-refractivity contribution < 1.29 is 9.13 Å². The summed E-state index contributed by atoms with van der Waals surface area (Å²) in [7, 11) is 3.34. The first kappa shape index (κ1) is 19.7. The molecule has 3 aromatic carbocycles. The minimum Gasteiger partial charge on any atom is -0.497 e. The molecule has 158 valence electrons. The number of benzene rings is 3. The SMILES string of the molecule is COc1ccc(-c2nc3c(c(=O)c4ccccc4n3C)c(=O)n2-c2ccc(F)cc2)cc1. The van der Waals surface area contributed by atoms with Crippen LogP contribution in [0.25, 0.3) is 39.0 Å². The number of methoxy groups -OCH3 is 1. The van der Waals surface area contributed by atoms with Crippen LogP contribution in [0, 0.1) is 5.82 Å². The number of aromatic nitrogens is 3. The van der Waals surface area contributed by atoms with Gasteiger partial charge in [-0.1, -0.05) is 12.1 Å². The van der Waals surface area contributed by atoms with Gasteiger partial charge in [-0.25, -0.2) is 9.37 Å². The van der Waals surface area contributed by atoms with Crippen molar-refractivity contribution in [3.63, 3.8) is 0 Å². The molecule has 6 nitrogen and oxygen atoms in total. The molecule has 0 bridgehead atoms. The van der Waals surface area contributed by atoms with Crippen LogP contribution in [0.5, 0.6) is 5.75 Å². The highest BCUT2D eigenvalue weighted by molar-refractivity contribution is 5.92. The summed E-state index contributed by atoms with van der Waals surface area (Å²) < 4.78 is 21.9. The maximum Gasteiger partial charge on any atom is 0.271 e. The summed E-state index contributed by atoms with van der Waals surface area (Å²) in [6.07, 6.45) is 0. The highest BCUT2D eigenvalue weighted by Crippen LogP contribution is 2.25. The van der Waals surface area contributed by atoms with Crippen LogP contribution in [0.3, 0.4) is 0 Å². The van der Waals surface area contributed by atoms with Crippen molar-refractivity contribution in [2.75, 3.05) is 7.11 Å². The first-order valence-electron chi connectivity index (χ1n) is 9.94. The molecular formula is C25H18FN3O3. The van der Waals surface area contributed by atoms with Crippen molar-refractivity contribution in [2.45, 2.75) is 0 Å². The minimum atomic E-state index is -0.515. The maximum atomic E-state index is 13.7. The molecule has 5 rings (SSSR count). The second kappa shape index (κ2) is 7.46. The monoisotopic (exact) mass is 427 g/mol. The van der Waals surface area contributed by atoms with Crippen LogP contribution in [-0.4, -0.2) is 21.2 Å². The molecule has 32 heavy (non-hydrogen) atoms. The van der Waals surface area contributed by atoms with E-state index in [1.807, 2.05) is 12.1 Å². The molecule has 0 aliphatic heterocycles. The number of halogens is 1. The average molecular weight is 427 g/mol. The smallest absolute Gasteiger partial charge is 0.271 e. The molecule has 0 atom stereocenters. The van der Waals surface area contributed by atoms with Gasteiger partial charge in [0.2, 0.25) is 5.43 Å². The molecule has 2 heterocycles. The molecule has 0 fully saturated rings. The Morgan fingerprint density at radius 1 is 0.906 bits per heavy atom. The minimum absolute atomic E-state index is 0.0206. The largest absolute Gasteiger partial charge is 0.497 e. The Bertz CT molecular complexity index is 1600. The second-order valence-electron chi connectivity index (χ2n) is 7.38. The molecule has 0 radical (unpaired) electrons. The molecule has 0 amide bonds. The quantitative estimate of drug-likeness (QED) is 0.408. The lowest BCUT2D eigenvalue weighted by Crippen LogP contribution is -2.28. The zero-order valence-electron chi connectivity index (χ0n) is 17.4. The molecular weight excluding hydrogens is 409 g/mol. The van der Waals surface area contributed by atoms with Crippen molar-refractivity contribution in [2.24, 2.45) is 7.05 Å². The molecule has 0 aliphatic rings. The lowest BCUT2D eigenvalue weighted by molar-refractivity contribution is 0.415. The van der Waals surface area contributed by atoms with Gasteiger partial charge in [-0.2, -0.15) is 0 Å². The van der Waals surface area contributed by atoms with Gasteiger partial charge in [0.05, 0.1) is 18.3 Å². The van der Waals surface area contributed by atoms with Gasteiger partial charge in [0.15, 0.2) is 5.65 Å². The molecule has 0 spiro atoms. The van der Waals surface area contributed by atoms with Crippen molar-refractivity contribution in [3.8, 4) is 22.8 Å². The molecule has 0 N–H and O–H groups in total. The standard InChI is InChI=1S/C25H18FN3O3/c1-28-20-6-4-3-5-19(20)22(30)21-24(28)27-23(15-7-13-18(32-2)14-8-15)29(25(21)31)17-11-9-16(26)10-12-17/h3-14H,1-2H3. The predicted octanol–water partition coefficient (Wildman–Crippen LogP) is 4.05. The van der Waals surface area contributed by atoms with Crippen LogP contribution in [0.4, 0.5) is 4.39 Å². The highest BCUT2D eigenvalue weighted by atomic mass is 19.1. The third kappa shape index (κ3) is 2.98. The van der Waals surface area contributed by atoms with E-state index in [0.717, 1.165) is 0 Å². The van der Waals surface area contributed by atoms with Crippen LogP contribution >= 0.6 is 0 Å². The maximum absolute atomic E-state index is 13.7. The van der Waals surface area contributed by atoms with E-state index in [0.29, 0.717) is 33.7 Å². The summed E-state index contributed by atoms with van der Waals surface area (Å²) in [5.41, 5.74) is 1.11. The van der Waals surface area contributed by atoms with E-state index in [1.165, 1.54) is 28.8 Å². The van der Waals surface area contributed by atoms with Gasteiger partial charge in [-0.3, -0.25) is 14.2 Å². The number of nitrogens with zero attached hydrogens (tertiary/aromatic N) is 3. The van der Waals surface area contributed by atoms with Gasteiger partial charge in [0.25, 0.3) is 5.56 Å². The van der Waals surface area contributed by atoms with Crippen molar-refractivity contribution >= 4 is 21.9 Å². The van der Waals surface area contributed by atoms with Gasteiger partial charge in [0, 0.05) is 18.0 Å². The van der Waals surface area contributed by atoms with Crippen LogP contribution in [0.2, 0.25) is 0 Å². The molecule has 0 unspecified atom stereocenters. The van der Waals surface area contributed by atoms with Crippen molar-refractivity contribution in [1.82, 2.24) is 14.1 Å². The van der Waals surface area contributed by atoms with Crippen molar-refractivity contribution in [3.05, 3.63) is 99.2 Å². The second-order valence-corrected chi connectivity index (χ2v) is 7.38. The lowest BCUT2D eigenvalue weighted by atomic mass is 10.1. The number of aryl methyl sites for hydroxylation is 1. The number of hydrogen-bond acceptors (Lipinski definition) is 4. The summed E-state index contributed by atoms with van der Waals surface area (Å²) in [5, 5.41) is 0.414. The van der Waals surface area contributed by atoms with Gasteiger partial charge >= 0.3 is 0 Å². The highest BCUT2D eigenvalue weighted by Gasteiger charge is 2.20. The average Bonchev–Trinajstić information content (AvgIpc) is 2.83. The first-order valence-corrected chi connectivity index (χ1v) is 9.94. The number of rotatable bonds is 3. The van der Waals surface area contributed by atoms with E-state index >= 15 is 0 Å². The zero-order chi connectivity index (χ0) is 22.4. The van der Waals surface area contributed by atoms with Crippen LogP contribution < -0.4 is 15.7 Å². The van der Waals surface area contributed by atoms with Crippen LogP contribution in [-0.2, 0) is 7.05 Å². The topological polar surface area (TPSA) is 66.1 Å². The summed E-state index contributed by atoms with van der Waals surface area (Å²) >= 11 is 0. The van der Waals surface area contributed by atoms with E-state index in [1.54, 1.807) is 55.1 Å². The summed E-state index contributed by atoms with van der Waals surface area (Å²) in [5.74, 6) is 0.564. The normalized spacial score (nSPS) is 11.2. The Morgan fingerprint density at radius 2 is 1.59 bits per heavy atom. The molecule has 2 aromatic heterocycles. The molecule has 7 heteroatoms. The Kier molecular flexibility index (Phi) is 4.59. The van der Waals surface area contributed by atoms with Gasteiger partial charge < -0.3 is 9.30 Å². The summed E-state index contributed by atoms with van der Waals surface area (Å²) in [6, 6.07) is 19.7. The Balaban J connectivity index is 1.96. The fourth-order valence-electron chi connectivity index (χ4n) is 3.92. The van der Waals surface area contributed by atoms with E-state index in [4.69, 9.17) is 9.72 Å². The molecule has 5 aromatic rings. The van der Waals surface area contributed by atoms with Gasteiger partial charge in [-0.05, 0) is 60.7 Å². The Morgan fingerprint density at radius 3 is 2.28 bits per heavy atom. The number of pyridine rings is 1. The number of ether oxygens (including phenoxy) is 1. The number of para-hydroxylation sites is 1.